The molecular weight excluding hydrogens is 327 g/mol. The molecular formula is C22H27FN2O. The Morgan fingerprint density at radius 2 is 1.96 bits per heavy atom. The summed E-state index contributed by atoms with van der Waals surface area (Å²) in [5.74, 6) is 0.345. The lowest BCUT2D eigenvalue weighted by molar-refractivity contribution is -0.135. The predicted octanol–water partition coefficient (Wildman–Crippen LogP) is 4.48. The van der Waals surface area contributed by atoms with E-state index in [4.69, 9.17) is 4.98 Å². The first kappa shape index (κ1) is 18.6. The highest BCUT2D eigenvalue weighted by Crippen LogP contribution is 2.28. The quantitative estimate of drug-likeness (QED) is 0.811. The molecule has 0 N–H and O–H groups in total. The van der Waals surface area contributed by atoms with Gasteiger partial charge in [0.15, 0.2) is 0 Å². The lowest BCUT2D eigenvalue weighted by Crippen LogP contribution is -2.41. The van der Waals surface area contributed by atoms with Crippen molar-refractivity contribution in [2.24, 2.45) is 5.92 Å². The van der Waals surface area contributed by atoms with Crippen LogP contribution in [0.25, 0.3) is 0 Å². The molecule has 1 amide bonds. The molecule has 1 aromatic heterocycles. The van der Waals surface area contributed by atoms with Crippen molar-refractivity contribution in [3.63, 3.8) is 0 Å². The molecule has 3 nitrogen and oxygen atoms in total. The molecule has 1 aliphatic heterocycles. The molecule has 0 aliphatic carbocycles. The largest absolute Gasteiger partial charge is 0.342 e. The van der Waals surface area contributed by atoms with E-state index in [9.17, 15) is 9.18 Å². The number of aryl methyl sites for hydroxylation is 1. The first-order chi connectivity index (χ1) is 12.4. The van der Waals surface area contributed by atoms with Gasteiger partial charge in [-0.3, -0.25) is 9.78 Å². The first-order valence-electron chi connectivity index (χ1n) is 9.43. The Kier molecular flexibility index (Phi) is 5.70. The highest BCUT2D eigenvalue weighted by atomic mass is 19.1. The van der Waals surface area contributed by atoms with Crippen molar-refractivity contribution in [2.75, 3.05) is 13.1 Å². The van der Waals surface area contributed by atoms with Crippen molar-refractivity contribution < 1.29 is 9.18 Å². The number of nitrogens with zero attached hydrogens (tertiary/aromatic N) is 2. The summed E-state index contributed by atoms with van der Waals surface area (Å²) in [7, 11) is 0. The van der Waals surface area contributed by atoms with Crippen molar-refractivity contribution in [2.45, 2.75) is 46.0 Å². The van der Waals surface area contributed by atoms with Gasteiger partial charge in [0.05, 0.1) is 0 Å². The van der Waals surface area contributed by atoms with Crippen LogP contribution in [0, 0.1) is 18.7 Å². The Balaban J connectivity index is 1.78. The second kappa shape index (κ2) is 7.98. The molecule has 1 saturated heterocycles. The van der Waals surface area contributed by atoms with Gasteiger partial charge in [-0.05, 0) is 61.6 Å². The van der Waals surface area contributed by atoms with Crippen molar-refractivity contribution in [1.29, 1.82) is 0 Å². The standard InChI is InChI=1S/C22H27FN2O/c1-15(2)22(26)25-10-4-5-19(14-25)21-13-18(11-16(3)24-21)12-17-6-8-20(23)9-7-17/h6-9,11,13,15,19H,4-5,10,12,14H2,1-3H3/t19-/m1/s1. The molecule has 3 rings (SSSR count). The molecule has 26 heavy (non-hydrogen) atoms. The fourth-order valence-electron chi connectivity index (χ4n) is 3.70. The zero-order valence-corrected chi connectivity index (χ0v) is 15.8. The third-order valence-corrected chi connectivity index (χ3v) is 5.00. The lowest BCUT2D eigenvalue weighted by atomic mass is 9.91. The molecule has 0 saturated carbocycles. The van der Waals surface area contributed by atoms with Gasteiger partial charge in [-0.2, -0.15) is 0 Å². The zero-order chi connectivity index (χ0) is 18.7. The third-order valence-electron chi connectivity index (χ3n) is 5.00. The Morgan fingerprint density at radius 1 is 1.23 bits per heavy atom. The van der Waals surface area contributed by atoms with Crippen LogP contribution in [0.3, 0.4) is 0 Å². The van der Waals surface area contributed by atoms with Gasteiger partial charge < -0.3 is 4.90 Å². The maximum atomic E-state index is 13.1. The van der Waals surface area contributed by atoms with E-state index in [0.717, 1.165) is 49.3 Å². The van der Waals surface area contributed by atoms with E-state index in [1.54, 1.807) is 0 Å². The van der Waals surface area contributed by atoms with Gasteiger partial charge in [0.2, 0.25) is 5.91 Å². The summed E-state index contributed by atoms with van der Waals surface area (Å²) in [4.78, 5) is 19.1. The number of amides is 1. The number of hydrogen-bond donors (Lipinski definition) is 0. The van der Waals surface area contributed by atoms with E-state index in [-0.39, 0.29) is 17.6 Å². The minimum atomic E-state index is -0.211. The molecule has 1 aromatic carbocycles. The van der Waals surface area contributed by atoms with E-state index in [2.05, 4.69) is 12.1 Å². The summed E-state index contributed by atoms with van der Waals surface area (Å²) in [6, 6.07) is 10.9. The van der Waals surface area contributed by atoms with E-state index in [1.807, 2.05) is 37.8 Å². The molecule has 0 bridgehead atoms. The van der Waals surface area contributed by atoms with Crippen molar-refractivity contribution >= 4 is 5.91 Å². The second-order valence-corrected chi connectivity index (χ2v) is 7.62. The van der Waals surface area contributed by atoms with Crippen molar-refractivity contribution in [3.05, 3.63) is 64.7 Å². The summed E-state index contributed by atoms with van der Waals surface area (Å²) in [5.41, 5.74) is 4.34. The summed E-state index contributed by atoms with van der Waals surface area (Å²) >= 11 is 0. The van der Waals surface area contributed by atoms with Crippen molar-refractivity contribution in [1.82, 2.24) is 9.88 Å². The SMILES string of the molecule is Cc1cc(Cc2ccc(F)cc2)cc([C@@H]2CCCN(C(=O)C(C)C)C2)n1. The molecule has 0 unspecified atom stereocenters. The van der Waals surface area contributed by atoms with Gasteiger partial charge in [0.1, 0.15) is 5.82 Å². The monoisotopic (exact) mass is 354 g/mol. The summed E-state index contributed by atoms with van der Waals surface area (Å²) in [6.45, 7) is 7.53. The molecule has 1 fully saturated rings. The van der Waals surface area contributed by atoms with Crippen LogP contribution in [0.5, 0.6) is 0 Å². The number of piperidine rings is 1. The predicted molar refractivity (Wildman–Crippen MR) is 102 cm³/mol. The van der Waals surface area contributed by atoms with Crippen LogP contribution in [0.1, 0.15) is 55.1 Å². The van der Waals surface area contributed by atoms with Crippen LogP contribution in [0.15, 0.2) is 36.4 Å². The van der Waals surface area contributed by atoms with Crippen LogP contribution in [-0.4, -0.2) is 28.9 Å². The summed E-state index contributed by atoms with van der Waals surface area (Å²) in [5, 5.41) is 0. The van der Waals surface area contributed by atoms with Gasteiger partial charge in [-0.15, -0.1) is 0 Å². The van der Waals surface area contributed by atoms with Gasteiger partial charge in [-0.1, -0.05) is 26.0 Å². The zero-order valence-electron chi connectivity index (χ0n) is 15.8. The molecule has 2 aromatic rings. The highest BCUT2D eigenvalue weighted by molar-refractivity contribution is 5.78. The van der Waals surface area contributed by atoms with Crippen LogP contribution in [0.2, 0.25) is 0 Å². The molecule has 1 atom stereocenters. The Labute approximate surface area is 155 Å². The third kappa shape index (κ3) is 4.48. The van der Waals surface area contributed by atoms with Crippen LogP contribution < -0.4 is 0 Å². The number of carbonyl (C=O) groups excluding carboxylic acids is 1. The number of hydrogen-bond acceptors (Lipinski definition) is 2. The first-order valence-corrected chi connectivity index (χ1v) is 9.43. The number of rotatable bonds is 4. The Bertz CT molecular complexity index is 770. The van der Waals surface area contributed by atoms with Gasteiger partial charge in [-0.25, -0.2) is 4.39 Å². The number of aromatic nitrogens is 1. The second-order valence-electron chi connectivity index (χ2n) is 7.62. The van der Waals surface area contributed by atoms with Crippen LogP contribution in [0.4, 0.5) is 4.39 Å². The molecule has 1 aliphatic rings. The minimum absolute atomic E-state index is 0.0354. The smallest absolute Gasteiger partial charge is 0.225 e. The van der Waals surface area contributed by atoms with Crippen LogP contribution >= 0.6 is 0 Å². The molecule has 2 heterocycles. The van der Waals surface area contributed by atoms with Gasteiger partial charge in [0, 0.05) is 36.3 Å². The normalized spacial score (nSPS) is 17.6. The summed E-state index contributed by atoms with van der Waals surface area (Å²) < 4.78 is 13.1. The fraction of sp³-hybridized carbons (Fsp3) is 0.455. The number of pyridine rings is 1. The Morgan fingerprint density at radius 3 is 2.65 bits per heavy atom. The molecule has 0 spiro atoms. The van der Waals surface area contributed by atoms with E-state index >= 15 is 0 Å². The van der Waals surface area contributed by atoms with Gasteiger partial charge >= 0.3 is 0 Å². The van der Waals surface area contributed by atoms with E-state index in [0.29, 0.717) is 5.92 Å². The summed E-state index contributed by atoms with van der Waals surface area (Å²) in [6.07, 6.45) is 2.85. The van der Waals surface area contributed by atoms with Gasteiger partial charge in [0.25, 0.3) is 0 Å². The lowest BCUT2D eigenvalue weighted by Gasteiger charge is -2.34. The highest BCUT2D eigenvalue weighted by Gasteiger charge is 2.27. The van der Waals surface area contributed by atoms with Crippen molar-refractivity contribution in [3.8, 4) is 0 Å². The molecule has 138 valence electrons. The number of likely N-dealkylation sites (tertiary alicyclic amines) is 1. The number of halogens is 1. The fourth-order valence-corrected chi connectivity index (χ4v) is 3.70. The van der Waals surface area contributed by atoms with E-state index < -0.39 is 0 Å². The minimum Gasteiger partial charge on any atom is -0.342 e. The van der Waals surface area contributed by atoms with Crippen LogP contribution in [-0.2, 0) is 11.2 Å². The number of carbonyl (C=O) groups is 1. The Hall–Kier alpha value is -2.23. The maximum absolute atomic E-state index is 13.1. The average Bonchev–Trinajstić information content (AvgIpc) is 2.62. The molecule has 4 heteroatoms. The number of benzene rings is 1. The van der Waals surface area contributed by atoms with E-state index in [1.165, 1.54) is 17.7 Å². The maximum Gasteiger partial charge on any atom is 0.225 e. The topological polar surface area (TPSA) is 33.2 Å². The molecule has 0 radical (unpaired) electrons. The average molecular weight is 354 g/mol.